The van der Waals surface area contributed by atoms with Crippen molar-refractivity contribution in [2.45, 2.75) is 24.4 Å². The lowest BCUT2D eigenvalue weighted by Crippen LogP contribution is -2.48. The first kappa shape index (κ1) is 22.1. The standard InChI is InChI=1S/C27H29NO4/c1-31-24-13-11-23(12-14-24)27(15-17-32-18-16-27)26(30)28-19-25(29)22-9-7-21(8-10-22)20-5-3-2-4-6-20/h2-14,25,29H,15-19H2,1H3,(H,28,30). The highest BCUT2D eigenvalue weighted by Gasteiger charge is 2.41. The number of hydrogen-bond acceptors (Lipinski definition) is 4. The van der Waals surface area contributed by atoms with Crippen LogP contribution >= 0.6 is 0 Å². The molecule has 5 nitrogen and oxygen atoms in total. The Morgan fingerprint density at radius 2 is 1.59 bits per heavy atom. The first-order valence-electron chi connectivity index (χ1n) is 11.0. The molecule has 1 aliphatic rings. The topological polar surface area (TPSA) is 67.8 Å². The fourth-order valence-electron chi connectivity index (χ4n) is 4.28. The molecule has 1 heterocycles. The average Bonchev–Trinajstić information content (AvgIpc) is 2.88. The predicted octanol–water partition coefficient (Wildman–Crippen LogP) is 4.26. The molecular weight excluding hydrogens is 402 g/mol. The van der Waals surface area contributed by atoms with Gasteiger partial charge < -0.3 is 19.9 Å². The molecule has 1 fully saturated rings. The Labute approximate surface area is 189 Å². The van der Waals surface area contributed by atoms with Crippen LogP contribution in [0, 0.1) is 0 Å². The summed E-state index contributed by atoms with van der Waals surface area (Å²) in [5.41, 5.74) is 3.27. The monoisotopic (exact) mass is 431 g/mol. The first-order chi connectivity index (χ1) is 15.6. The van der Waals surface area contributed by atoms with Crippen molar-refractivity contribution in [1.82, 2.24) is 5.32 Å². The molecule has 1 atom stereocenters. The van der Waals surface area contributed by atoms with E-state index in [1.165, 1.54) is 0 Å². The Kier molecular flexibility index (Phi) is 6.88. The van der Waals surface area contributed by atoms with Crippen molar-refractivity contribution in [3.63, 3.8) is 0 Å². The SMILES string of the molecule is COc1ccc(C2(C(=O)NCC(O)c3ccc(-c4ccccc4)cc3)CCOCC2)cc1. The maximum absolute atomic E-state index is 13.3. The van der Waals surface area contributed by atoms with E-state index in [4.69, 9.17) is 9.47 Å². The highest BCUT2D eigenvalue weighted by molar-refractivity contribution is 5.88. The van der Waals surface area contributed by atoms with Crippen LogP contribution in [0.5, 0.6) is 5.75 Å². The lowest BCUT2D eigenvalue weighted by Gasteiger charge is -2.36. The van der Waals surface area contributed by atoms with Crippen molar-refractivity contribution in [2.75, 3.05) is 26.9 Å². The van der Waals surface area contributed by atoms with Crippen LogP contribution in [0.4, 0.5) is 0 Å². The quantitative estimate of drug-likeness (QED) is 0.587. The summed E-state index contributed by atoms with van der Waals surface area (Å²) in [5, 5.41) is 13.7. The molecule has 2 N–H and O–H groups in total. The van der Waals surface area contributed by atoms with Gasteiger partial charge in [0.05, 0.1) is 18.6 Å². The summed E-state index contributed by atoms with van der Waals surface area (Å²) in [6, 6.07) is 25.6. The van der Waals surface area contributed by atoms with Gasteiger partial charge in [-0.25, -0.2) is 0 Å². The Morgan fingerprint density at radius 1 is 0.969 bits per heavy atom. The van der Waals surface area contributed by atoms with Crippen LogP contribution in [-0.4, -0.2) is 37.9 Å². The van der Waals surface area contributed by atoms with Gasteiger partial charge in [0.15, 0.2) is 0 Å². The minimum atomic E-state index is -0.781. The number of aliphatic hydroxyl groups excluding tert-OH is 1. The lowest BCUT2D eigenvalue weighted by atomic mass is 9.73. The van der Waals surface area contributed by atoms with Gasteiger partial charge in [-0.2, -0.15) is 0 Å². The zero-order valence-corrected chi connectivity index (χ0v) is 18.3. The lowest BCUT2D eigenvalue weighted by molar-refractivity contribution is -0.131. The van der Waals surface area contributed by atoms with Crippen LogP contribution < -0.4 is 10.1 Å². The summed E-state index contributed by atoms with van der Waals surface area (Å²) in [4.78, 5) is 13.3. The summed E-state index contributed by atoms with van der Waals surface area (Å²) in [6.45, 7) is 1.22. The van der Waals surface area contributed by atoms with Crippen molar-refractivity contribution < 1.29 is 19.4 Å². The fraction of sp³-hybridized carbons (Fsp3) is 0.296. The smallest absolute Gasteiger partial charge is 0.230 e. The van der Waals surface area contributed by atoms with E-state index in [1.54, 1.807) is 7.11 Å². The predicted molar refractivity (Wildman–Crippen MR) is 125 cm³/mol. The largest absolute Gasteiger partial charge is 0.497 e. The van der Waals surface area contributed by atoms with E-state index < -0.39 is 11.5 Å². The number of methoxy groups -OCH3 is 1. The molecule has 32 heavy (non-hydrogen) atoms. The van der Waals surface area contributed by atoms with Crippen molar-refractivity contribution in [2.24, 2.45) is 0 Å². The summed E-state index contributed by atoms with van der Waals surface area (Å²) >= 11 is 0. The van der Waals surface area contributed by atoms with E-state index in [-0.39, 0.29) is 12.5 Å². The van der Waals surface area contributed by atoms with Crippen molar-refractivity contribution >= 4 is 5.91 Å². The zero-order valence-electron chi connectivity index (χ0n) is 18.3. The first-order valence-corrected chi connectivity index (χ1v) is 11.0. The summed E-state index contributed by atoms with van der Waals surface area (Å²) < 4.78 is 10.8. The molecule has 0 spiro atoms. The summed E-state index contributed by atoms with van der Waals surface area (Å²) in [5.74, 6) is 0.677. The minimum absolute atomic E-state index is 0.0778. The third-order valence-corrected chi connectivity index (χ3v) is 6.28. The number of carbonyl (C=O) groups is 1. The summed E-state index contributed by atoms with van der Waals surface area (Å²) in [6.07, 6.45) is 0.427. The van der Waals surface area contributed by atoms with E-state index >= 15 is 0 Å². The fourth-order valence-corrected chi connectivity index (χ4v) is 4.28. The Hall–Kier alpha value is -3.15. The molecule has 1 amide bonds. The highest BCUT2D eigenvalue weighted by atomic mass is 16.5. The number of amides is 1. The molecular formula is C27H29NO4. The van der Waals surface area contributed by atoms with Gasteiger partial charge in [0.25, 0.3) is 0 Å². The Morgan fingerprint density at radius 3 is 2.22 bits per heavy atom. The van der Waals surface area contributed by atoms with Crippen LogP contribution in [0.2, 0.25) is 0 Å². The number of ether oxygens (including phenoxy) is 2. The van der Waals surface area contributed by atoms with E-state index in [9.17, 15) is 9.90 Å². The Balaban J connectivity index is 1.44. The molecule has 0 saturated carbocycles. The van der Waals surface area contributed by atoms with Crippen LogP contribution in [0.15, 0.2) is 78.9 Å². The molecule has 1 unspecified atom stereocenters. The number of benzene rings is 3. The number of nitrogens with one attached hydrogen (secondary N) is 1. The van der Waals surface area contributed by atoms with Gasteiger partial charge in [-0.1, -0.05) is 66.7 Å². The molecule has 0 bridgehead atoms. The molecule has 5 heteroatoms. The molecule has 1 saturated heterocycles. The highest BCUT2D eigenvalue weighted by Crippen LogP contribution is 2.36. The third-order valence-electron chi connectivity index (χ3n) is 6.28. The molecule has 0 aromatic heterocycles. The van der Waals surface area contributed by atoms with Gasteiger partial charge in [-0.05, 0) is 47.2 Å². The maximum Gasteiger partial charge on any atom is 0.230 e. The number of hydrogen-bond donors (Lipinski definition) is 2. The normalized spacial score (nSPS) is 16.2. The number of rotatable bonds is 7. The van der Waals surface area contributed by atoms with Crippen LogP contribution in [0.3, 0.4) is 0 Å². The van der Waals surface area contributed by atoms with Crippen LogP contribution in [0.25, 0.3) is 11.1 Å². The van der Waals surface area contributed by atoms with Crippen LogP contribution in [0.1, 0.15) is 30.1 Å². The zero-order chi connectivity index (χ0) is 22.4. The van der Waals surface area contributed by atoms with E-state index in [0.717, 1.165) is 28.0 Å². The maximum atomic E-state index is 13.3. The average molecular weight is 432 g/mol. The minimum Gasteiger partial charge on any atom is -0.497 e. The molecule has 0 aliphatic carbocycles. The third kappa shape index (κ3) is 4.69. The van der Waals surface area contributed by atoms with Gasteiger partial charge >= 0.3 is 0 Å². The van der Waals surface area contributed by atoms with Crippen molar-refractivity contribution in [3.05, 3.63) is 90.0 Å². The van der Waals surface area contributed by atoms with E-state index in [0.29, 0.717) is 26.1 Å². The van der Waals surface area contributed by atoms with Gasteiger partial charge in [-0.3, -0.25) is 4.79 Å². The van der Waals surface area contributed by atoms with Gasteiger partial charge in [0.1, 0.15) is 5.75 Å². The summed E-state index contributed by atoms with van der Waals surface area (Å²) in [7, 11) is 1.62. The van der Waals surface area contributed by atoms with E-state index in [2.05, 4.69) is 17.4 Å². The van der Waals surface area contributed by atoms with Gasteiger partial charge in [-0.15, -0.1) is 0 Å². The van der Waals surface area contributed by atoms with Crippen molar-refractivity contribution in [3.8, 4) is 16.9 Å². The molecule has 166 valence electrons. The molecule has 4 rings (SSSR count). The second-order valence-corrected chi connectivity index (χ2v) is 8.14. The van der Waals surface area contributed by atoms with Crippen LogP contribution in [-0.2, 0) is 14.9 Å². The second kappa shape index (κ2) is 9.98. The van der Waals surface area contributed by atoms with Crippen molar-refractivity contribution in [1.29, 1.82) is 0 Å². The molecule has 0 radical (unpaired) electrons. The molecule has 1 aliphatic heterocycles. The van der Waals surface area contributed by atoms with Gasteiger partial charge in [0.2, 0.25) is 5.91 Å². The van der Waals surface area contributed by atoms with Gasteiger partial charge in [0, 0.05) is 19.8 Å². The second-order valence-electron chi connectivity index (χ2n) is 8.14. The Bertz CT molecular complexity index is 1010. The van der Waals surface area contributed by atoms with E-state index in [1.807, 2.05) is 66.7 Å². The molecule has 3 aromatic rings. The molecule has 3 aromatic carbocycles. The number of aliphatic hydroxyl groups is 1. The number of carbonyl (C=O) groups excluding carboxylic acids is 1.